The van der Waals surface area contributed by atoms with Gasteiger partial charge in [-0.3, -0.25) is 9.69 Å². The van der Waals surface area contributed by atoms with Crippen LogP contribution in [0.3, 0.4) is 0 Å². The molecule has 0 saturated carbocycles. The predicted octanol–water partition coefficient (Wildman–Crippen LogP) is 3.87. The van der Waals surface area contributed by atoms with Crippen LogP contribution in [0.5, 0.6) is 0 Å². The van der Waals surface area contributed by atoms with Gasteiger partial charge >= 0.3 is 0 Å². The van der Waals surface area contributed by atoms with E-state index >= 15 is 0 Å². The summed E-state index contributed by atoms with van der Waals surface area (Å²) < 4.78 is 5.91. The van der Waals surface area contributed by atoms with Crippen molar-refractivity contribution in [3.05, 3.63) is 70.8 Å². The largest absolute Gasteiger partial charge is 0.366 e. The van der Waals surface area contributed by atoms with E-state index in [0.717, 1.165) is 32.5 Å². The number of aryl methyl sites for hydroxylation is 2. The number of carbonyl (C=O) groups excluding carboxylic acids is 1. The third-order valence-electron chi connectivity index (χ3n) is 6.13. The van der Waals surface area contributed by atoms with Gasteiger partial charge in [-0.2, -0.15) is 0 Å². The zero-order chi connectivity index (χ0) is 19.5. The van der Waals surface area contributed by atoms with Crippen LogP contribution in [0.2, 0.25) is 0 Å². The molecular formula is C24H30N2O2. The molecule has 2 atom stereocenters. The zero-order valence-electron chi connectivity index (χ0n) is 16.9. The molecule has 2 fully saturated rings. The topological polar surface area (TPSA) is 32.8 Å². The smallest absolute Gasteiger partial charge is 0.253 e. The van der Waals surface area contributed by atoms with Gasteiger partial charge < -0.3 is 9.64 Å². The van der Waals surface area contributed by atoms with E-state index in [1.54, 1.807) is 0 Å². The number of benzene rings is 2. The molecule has 2 aliphatic heterocycles. The molecule has 0 N–H and O–H groups in total. The maximum atomic E-state index is 13.3. The standard InChI is InChI=1S/C24H30N2O2/c1-18-10-11-21(15-19(18)2)22-9-6-12-26(22)24(27)23-17-25(13-14-28-23)16-20-7-4-3-5-8-20/h3-5,7-8,10-11,15,22-23H,6,9,12-14,16-17H2,1-2H3. The third kappa shape index (κ3) is 4.13. The number of morpholine rings is 1. The lowest BCUT2D eigenvalue weighted by Crippen LogP contribution is -2.50. The highest BCUT2D eigenvalue weighted by Gasteiger charge is 2.36. The Bertz CT molecular complexity index is 821. The van der Waals surface area contributed by atoms with Crippen molar-refractivity contribution in [3.8, 4) is 0 Å². The molecule has 4 rings (SSSR count). The van der Waals surface area contributed by atoms with E-state index in [2.05, 4.69) is 66.1 Å². The van der Waals surface area contributed by atoms with Gasteiger partial charge in [-0.1, -0.05) is 48.5 Å². The maximum Gasteiger partial charge on any atom is 0.253 e. The summed E-state index contributed by atoms with van der Waals surface area (Å²) in [6.45, 7) is 8.14. The second-order valence-electron chi connectivity index (χ2n) is 8.11. The van der Waals surface area contributed by atoms with Crippen molar-refractivity contribution in [2.45, 2.75) is 45.4 Å². The number of amides is 1. The maximum absolute atomic E-state index is 13.3. The molecule has 2 saturated heterocycles. The molecular weight excluding hydrogens is 348 g/mol. The van der Waals surface area contributed by atoms with Gasteiger partial charge in [0.2, 0.25) is 0 Å². The van der Waals surface area contributed by atoms with Crippen LogP contribution < -0.4 is 0 Å². The molecule has 0 spiro atoms. The lowest BCUT2D eigenvalue weighted by atomic mass is 9.99. The minimum atomic E-state index is -0.357. The molecule has 4 heteroatoms. The lowest BCUT2D eigenvalue weighted by Gasteiger charge is -2.35. The number of ether oxygens (including phenoxy) is 1. The number of likely N-dealkylation sites (tertiary alicyclic amines) is 1. The fourth-order valence-corrected chi connectivity index (χ4v) is 4.37. The summed E-state index contributed by atoms with van der Waals surface area (Å²) in [6.07, 6.45) is 1.74. The monoisotopic (exact) mass is 378 g/mol. The van der Waals surface area contributed by atoms with Crippen LogP contribution in [0.1, 0.15) is 41.1 Å². The number of nitrogens with zero attached hydrogens (tertiary/aromatic N) is 2. The molecule has 0 aromatic heterocycles. The van der Waals surface area contributed by atoms with Gasteiger partial charge in [0.25, 0.3) is 5.91 Å². The Kier molecular flexibility index (Phi) is 5.79. The molecule has 0 aliphatic carbocycles. The average molecular weight is 379 g/mol. The summed E-state index contributed by atoms with van der Waals surface area (Å²) in [7, 11) is 0. The Labute approximate surface area is 168 Å². The van der Waals surface area contributed by atoms with Crippen molar-refractivity contribution in [2.24, 2.45) is 0 Å². The molecule has 2 aliphatic rings. The molecule has 0 bridgehead atoms. The van der Waals surface area contributed by atoms with Crippen molar-refractivity contribution in [1.29, 1.82) is 0 Å². The molecule has 2 aromatic rings. The minimum Gasteiger partial charge on any atom is -0.366 e. The van der Waals surface area contributed by atoms with Gasteiger partial charge in [0, 0.05) is 26.2 Å². The molecule has 1 amide bonds. The Morgan fingerprint density at radius 1 is 1.07 bits per heavy atom. The van der Waals surface area contributed by atoms with Crippen molar-refractivity contribution < 1.29 is 9.53 Å². The van der Waals surface area contributed by atoms with Crippen LogP contribution >= 0.6 is 0 Å². The van der Waals surface area contributed by atoms with Gasteiger partial charge in [0.1, 0.15) is 6.10 Å². The SMILES string of the molecule is Cc1ccc(C2CCCN2C(=O)C2CN(Cc3ccccc3)CCO2)cc1C. The fourth-order valence-electron chi connectivity index (χ4n) is 4.37. The Hall–Kier alpha value is -2.17. The van der Waals surface area contributed by atoms with Crippen molar-refractivity contribution in [2.75, 3.05) is 26.2 Å². The first kappa shape index (κ1) is 19.2. The van der Waals surface area contributed by atoms with E-state index in [0.29, 0.717) is 13.2 Å². The summed E-state index contributed by atoms with van der Waals surface area (Å²) in [5.41, 5.74) is 5.13. The summed E-state index contributed by atoms with van der Waals surface area (Å²) in [5, 5.41) is 0. The van der Waals surface area contributed by atoms with Gasteiger partial charge in [-0.05, 0) is 48.9 Å². The first-order chi connectivity index (χ1) is 13.6. The average Bonchev–Trinajstić information content (AvgIpc) is 3.20. The van der Waals surface area contributed by atoms with E-state index in [1.165, 1.54) is 22.3 Å². The molecule has 4 nitrogen and oxygen atoms in total. The summed E-state index contributed by atoms with van der Waals surface area (Å²) >= 11 is 0. The highest BCUT2D eigenvalue weighted by Crippen LogP contribution is 2.33. The molecule has 2 aromatic carbocycles. The first-order valence-electron chi connectivity index (χ1n) is 10.4. The van der Waals surface area contributed by atoms with Crippen molar-refractivity contribution in [3.63, 3.8) is 0 Å². The van der Waals surface area contributed by atoms with Crippen LogP contribution in [-0.2, 0) is 16.1 Å². The molecule has 148 valence electrons. The van der Waals surface area contributed by atoms with Crippen LogP contribution in [0.4, 0.5) is 0 Å². The fraction of sp³-hybridized carbons (Fsp3) is 0.458. The van der Waals surface area contributed by atoms with Crippen LogP contribution in [0.25, 0.3) is 0 Å². The molecule has 0 radical (unpaired) electrons. The van der Waals surface area contributed by atoms with E-state index in [-0.39, 0.29) is 18.1 Å². The van der Waals surface area contributed by atoms with E-state index < -0.39 is 0 Å². The summed E-state index contributed by atoms with van der Waals surface area (Å²) in [4.78, 5) is 17.7. The van der Waals surface area contributed by atoms with Gasteiger partial charge in [-0.25, -0.2) is 0 Å². The molecule has 28 heavy (non-hydrogen) atoms. The number of carbonyl (C=O) groups is 1. The number of rotatable bonds is 4. The minimum absolute atomic E-state index is 0.151. The second-order valence-corrected chi connectivity index (χ2v) is 8.11. The first-order valence-corrected chi connectivity index (χ1v) is 10.4. The van der Waals surface area contributed by atoms with Crippen LogP contribution in [-0.4, -0.2) is 48.1 Å². The van der Waals surface area contributed by atoms with Crippen LogP contribution in [0.15, 0.2) is 48.5 Å². The third-order valence-corrected chi connectivity index (χ3v) is 6.13. The lowest BCUT2D eigenvalue weighted by molar-refractivity contribution is -0.150. The zero-order valence-corrected chi connectivity index (χ0v) is 16.9. The highest BCUT2D eigenvalue weighted by atomic mass is 16.5. The molecule has 2 unspecified atom stereocenters. The Balaban J connectivity index is 1.44. The Morgan fingerprint density at radius 3 is 2.68 bits per heavy atom. The summed E-state index contributed by atoms with van der Waals surface area (Å²) in [5.74, 6) is 0.151. The molecule has 2 heterocycles. The van der Waals surface area contributed by atoms with E-state index in [9.17, 15) is 4.79 Å². The quantitative estimate of drug-likeness (QED) is 0.810. The van der Waals surface area contributed by atoms with Crippen molar-refractivity contribution in [1.82, 2.24) is 9.80 Å². The van der Waals surface area contributed by atoms with Crippen LogP contribution in [0, 0.1) is 13.8 Å². The number of hydrogen-bond acceptors (Lipinski definition) is 3. The van der Waals surface area contributed by atoms with Gasteiger partial charge in [-0.15, -0.1) is 0 Å². The second kappa shape index (κ2) is 8.46. The van der Waals surface area contributed by atoms with Gasteiger partial charge in [0.15, 0.2) is 0 Å². The van der Waals surface area contributed by atoms with E-state index in [1.807, 2.05) is 6.07 Å². The normalized spacial score (nSPS) is 23.1. The number of hydrogen-bond donors (Lipinski definition) is 0. The van der Waals surface area contributed by atoms with Gasteiger partial charge in [0.05, 0.1) is 12.6 Å². The van der Waals surface area contributed by atoms with E-state index in [4.69, 9.17) is 4.74 Å². The highest BCUT2D eigenvalue weighted by molar-refractivity contribution is 5.82. The predicted molar refractivity (Wildman–Crippen MR) is 111 cm³/mol. The summed E-state index contributed by atoms with van der Waals surface area (Å²) in [6, 6.07) is 17.2. The van der Waals surface area contributed by atoms with Crippen molar-refractivity contribution >= 4 is 5.91 Å². The Morgan fingerprint density at radius 2 is 1.89 bits per heavy atom.